The summed E-state index contributed by atoms with van der Waals surface area (Å²) in [6.07, 6.45) is 10.2. The van der Waals surface area contributed by atoms with Gasteiger partial charge < -0.3 is 5.11 Å². The van der Waals surface area contributed by atoms with Crippen molar-refractivity contribution in [3.05, 3.63) is 75.9 Å². The quantitative estimate of drug-likeness (QED) is 0.667. The maximum absolute atomic E-state index is 11.4. The minimum absolute atomic E-state index is 0.281. The third-order valence-electron chi connectivity index (χ3n) is 3.80. The number of aliphatic carboxylic acids is 1. The van der Waals surface area contributed by atoms with E-state index in [0.717, 1.165) is 0 Å². The van der Waals surface area contributed by atoms with Gasteiger partial charge >= 0.3 is 5.97 Å². The van der Waals surface area contributed by atoms with Crippen molar-refractivity contribution in [3.63, 3.8) is 0 Å². The number of allylic oxidation sites excluding steroid dienone is 2. The molecule has 0 heterocycles. The molecule has 0 amide bonds. The molecule has 1 aliphatic carbocycles. The van der Waals surface area contributed by atoms with Gasteiger partial charge in [0.1, 0.15) is 0 Å². The number of carboxylic acids is 1. The number of hydrogen-bond donors (Lipinski definition) is 1. The van der Waals surface area contributed by atoms with Gasteiger partial charge in [0.05, 0.1) is 5.92 Å². The largest absolute Gasteiger partial charge is 0.481 e. The van der Waals surface area contributed by atoms with Gasteiger partial charge in [-0.15, -0.1) is 0 Å². The van der Waals surface area contributed by atoms with Gasteiger partial charge in [-0.3, -0.25) is 14.9 Å². The molecule has 5 nitrogen and oxygen atoms in total. The van der Waals surface area contributed by atoms with Gasteiger partial charge in [0.15, 0.2) is 0 Å². The summed E-state index contributed by atoms with van der Waals surface area (Å²) in [7, 11) is 0. The van der Waals surface area contributed by atoms with Crippen molar-refractivity contribution in [2.45, 2.75) is 24.8 Å². The lowest BCUT2D eigenvalue weighted by Crippen LogP contribution is -2.34. The molecule has 0 fully saturated rings. The summed E-state index contributed by atoms with van der Waals surface area (Å²) in [5.74, 6) is -1.60. The van der Waals surface area contributed by atoms with Crippen LogP contribution < -0.4 is 0 Å². The SMILES string of the molecule is CC(C(=O)O)c1ccccc1C=CC1([N+](=O)[O-])C=CC=CC1. The molecule has 5 heteroatoms. The summed E-state index contributed by atoms with van der Waals surface area (Å²) in [6.45, 7) is 1.60. The Labute approximate surface area is 128 Å². The number of carboxylic acid groups (broad SMARTS) is 1. The molecule has 2 unspecified atom stereocenters. The van der Waals surface area contributed by atoms with Gasteiger partial charge in [-0.25, -0.2) is 0 Å². The summed E-state index contributed by atoms with van der Waals surface area (Å²) < 4.78 is 0. The zero-order valence-electron chi connectivity index (χ0n) is 12.2. The third kappa shape index (κ3) is 3.14. The fraction of sp³-hybridized carbons (Fsp3) is 0.235. The van der Waals surface area contributed by atoms with Crippen molar-refractivity contribution in [3.8, 4) is 0 Å². The average molecular weight is 299 g/mol. The van der Waals surface area contributed by atoms with Crippen LogP contribution in [0, 0.1) is 10.1 Å². The summed E-state index contributed by atoms with van der Waals surface area (Å²) >= 11 is 0. The first-order valence-corrected chi connectivity index (χ1v) is 6.96. The van der Waals surface area contributed by atoms with E-state index in [4.69, 9.17) is 5.11 Å². The highest BCUT2D eigenvalue weighted by Crippen LogP contribution is 2.27. The summed E-state index contributed by atoms with van der Waals surface area (Å²) in [5, 5.41) is 20.6. The molecule has 0 bridgehead atoms. The minimum atomic E-state index is -1.27. The van der Waals surface area contributed by atoms with E-state index < -0.39 is 17.4 Å². The van der Waals surface area contributed by atoms with Crippen LogP contribution in [0.1, 0.15) is 30.4 Å². The number of nitro groups is 1. The lowest BCUT2D eigenvalue weighted by Gasteiger charge is -2.19. The van der Waals surface area contributed by atoms with Crippen LogP contribution in [0.4, 0.5) is 0 Å². The third-order valence-corrected chi connectivity index (χ3v) is 3.80. The first-order valence-electron chi connectivity index (χ1n) is 6.96. The number of rotatable bonds is 5. The van der Waals surface area contributed by atoms with E-state index in [2.05, 4.69) is 0 Å². The molecule has 22 heavy (non-hydrogen) atoms. The van der Waals surface area contributed by atoms with E-state index in [0.29, 0.717) is 11.1 Å². The van der Waals surface area contributed by atoms with Crippen LogP contribution in [0.5, 0.6) is 0 Å². The van der Waals surface area contributed by atoms with Crippen LogP contribution in [0.3, 0.4) is 0 Å². The van der Waals surface area contributed by atoms with E-state index in [1.165, 1.54) is 6.08 Å². The predicted octanol–water partition coefficient (Wildman–Crippen LogP) is 3.42. The van der Waals surface area contributed by atoms with E-state index in [1.807, 2.05) is 0 Å². The lowest BCUT2D eigenvalue weighted by atomic mass is 9.89. The predicted molar refractivity (Wildman–Crippen MR) is 84.1 cm³/mol. The molecule has 1 aromatic rings. The molecule has 1 aliphatic rings. The van der Waals surface area contributed by atoms with Crippen LogP contribution in [0.15, 0.2) is 54.6 Å². The second-order valence-electron chi connectivity index (χ2n) is 5.26. The number of benzene rings is 1. The Morgan fingerprint density at radius 2 is 2.14 bits per heavy atom. The molecule has 2 atom stereocenters. The second-order valence-corrected chi connectivity index (χ2v) is 5.26. The molecule has 2 rings (SSSR count). The number of nitrogens with zero attached hydrogens (tertiary/aromatic N) is 1. The van der Waals surface area contributed by atoms with Crippen LogP contribution in [-0.4, -0.2) is 21.5 Å². The highest BCUT2D eigenvalue weighted by Gasteiger charge is 2.36. The Bertz CT molecular complexity index is 675. The van der Waals surface area contributed by atoms with Crippen molar-refractivity contribution in [1.82, 2.24) is 0 Å². The fourth-order valence-electron chi connectivity index (χ4n) is 2.37. The molecule has 0 aliphatic heterocycles. The molecule has 1 N–H and O–H groups in total. The van der Waals surface area contributed by atoms with Crippen LogP contribution >= 0.6 is 0 Å². The summed E-state index contributed by atoms with van der Waals surface area (Å²) in [4.78, 5) is 22.2. The van der Waals surface area contributed by atoms with Gasteiger partial charge in [0.25, 0.3) is 5.54 Å². The maximum Gasteiger partial charge on any atom is 0.310 e. The first kappa shape index (κ1) is 15.7. The van der Waals surface area contributed by atoms with Crippen molar-refractivity contribution in [2.24, 2.45) is 0 Å². The lowest BCUT2D eigenvalue weighted by molar-refractivity contribution is -0.539. The topological polar surface area (TPSA) is 80.4 Å². The highest BCUT2D eigenvalue weighted by atomic mass is 16.6. The van der Waals surface area contributed by atoms with E-state index >= 15 is 0 Å². The van der Waals surface area contributed by atoms with Gasteiger partial charge in [-0.1, -0.05) is 48.6 Å². The van der Waals surface area contributed by atoms with Crippen molar-refractivity contribution >= 4 is 12.0 Å². The van der Waals surface area contributed by atoms with Gasteiger partial charge in [0, 0.05) is 11.3 Å². The minimum Gasteiger partial charge on any atom is -0.481 e. The fourth-order valence-corrected chi connectivity index (χ4v) is 2.37. The van der Waals surface area contributed by atoms with Crippen molar-refractivity contribution in [2.75, 3.05) is 0 Å². The monoisotopic (exact) mass is 299 g/mol. The molecule has 114 valence electrons. The smallest absolute Gasteiger partial charge is 0.310 e. The van der Waals surface area contributed by atoms with Crippen molar-refractivity contribution in [1.29, 1.82) is 0 Å². The van der Waals surface area contributed by atoms with Crippen LogP contribution in [-0.2, 0) is 4.79 Å². The van der Waals surface area contributed by atoms with Crippen LogP contribution in [0.2, 0.25) is 0 Å². The van der Waals surface area contributed by atoms with E-state index in [9.17, 15) is 14.9 Å². The van der Waals surface area contributed by atoms with Gasteiger partial charge in [-0.05, 0) is 30.2 Å². The molecule has 0 spiro atoms. The Kier molecular flexibility index (Phi) is 4.56. The zero-order chi connectivity index (χ0) is 16.2. The standard InChI is InChI=1S/C17H17NO4/c1-13(16(19)20)15-8-4-3-7-14(15)9-12-17(18(21)22)10-5-2-6-11-17/h2-10,12-13H,11H2,1H3,(H,19,20). The van der Waals surface area contributed by atoms with Crippen molar-refractivity contribution < 1.29 is 14.8 Å². The molecule has 0 saturated heterocycles. The second kappa shape index (κ2) is 6.39. The molecule has 0 aromatic heterocycles. The van der Waals surface area contributed by atoms with E-state index in [1.54, 1.807) is 61.6 Å². The molecular formula is C17H17NO4. The first-order chi connectivity index (χ1) is 10.5. The Morgan fingerprint density at radius 3 is 2.73 bits per heavy atom. The Morgan fingerprint density at radius 1 is 1.41 bits per heavy atom. The zero-order valence-corrected chi connectivity index (χ0v) is 12.2. The highest BCUT2D eigenvalue weighted by molar-refractivity contribution is 5.77. The van der Waals surface area contributed by atoms with Gasteiger partial charge in [-0.2, -0.15) is 0 Å². The maximum atomic E-state index is 11.4. The molecule has 0 saturated carbocycles. The molecule has 1 aromatic carbocycles. The molecule has 0 radical (unpaired) electrons. The van der Waals surface area contributed by atoms with Gasteiger partial charge in [0.2, 0.25) is 0 Å². The Balaban J connectivity index is 2.38. The number of carbonyl (C=O) groups is 1. The number of hydrogen-bond acceptors (Lipinski definition) is 3. The Hall–Kier alpha value is -2.69. The van der Waals surface area contributed by atoms with E-state index in [-0.39, 0.29) is 11.3 Å². The summed E-state index contributed by atoms with van der Waals surface area (Å²) in [6, 6.07) is 7.04. The summed E-state index contributed by atoms with van der Waals surface area (Å²) in [5.41, 5.74) is 0.0515. The average Bonchev–Trinajstić information content (AvgIpc) is 2.53. The molecular weight excluding hydrogens is 282 g/mol. The normalized spacial score (nSPS) is 21.9. The van der Waals surface area contributed by atoms with Crippen LogP contribution in [0.25, 0.3) is 6.08 Å².